The summed E-state index contributed by atoms with van der Waals surface area (Å²) in [6.07, 6.45) is 0.950. The summed E-state index contributed by atoms with van der Waals surface area (Å²) in [5.74, 6) is 1.16. The number of aryl methyl sites for hydroxylation is 1. The monoisotopic (exact) mass is 326 g/mol. The topological polar surface area (TPSA) is 49.3 Å². The number of benzene rings is 1. The van der Waals surface area contributed by atoms with Crippen molar-refractivity contribution in [1.82, 2.24) is 15.1 Å². The third kappa shape index (κ3) is 3.21. The van der Waals surface area contributed by atoms with Gasteiger partial charge in [-0.1, -0.05) is 45.0 Å². The summed E-state index contributed by atoms with van der Waals surface area (Å²) in [5, 5.41) is 11.1. The lowest BCUT2D eigenvalue weighted by Gasteiger charge is -2.28. The van der Waals surface area contributed by atoms with Crippen molar-refractivity contribution in [3.63, 3.8) is 0 Å². The van der Waals surface area contributed by atoms with E-state index in [-0.39, 0.29) is 11.3 Å². The van der Waals surface area contributed by atoms with E-state index >= 15 is 0 Å². The molecule has 1 aromatic carbocycles. The summed E-state index contributed by atoms with van der Waals surface area (Å²) in [5.41, 5.74) is 0.625. The highest BCUT2D eigenvalue weighted by Crippen LogP contribution is 2.27. The van der Waals surface area contributed by atoms with Crippen LogP contribution in [0.4, 0.5) is 5.82 Å². The van der Waals surface area contributed by atoms with Gasteiger partial charge in [-0.2, -0.15) is 5.10 Å². The van der Waals surface area contributed by atoms with Crippen LogP contribution in [-0.2, 0) is 4.79 Å². The van der Waals surface area contributed by atoms with Gasteiger partial charge in [0.1, 0.15) is 0 Å². The number of amides is 1. The van der Waals surface area contributed by atoms with Crippen LogP contribution in [0.1, 0.15) is 32.9 Å². The molecule has 0 saturated carbocycles. The third-order valence-electron chi connectivity index (χ3n) is 4.58. The molecule has 1 aliphatic rings. The Kier molecular flexibility index (Phi) is 4.43. The van der Waals surface area contributed by atoms with Crippen LogP contribution < -0.4 is 4.90 Å². The second kappa shape index (κ2) is 6.38. The number of carbonyl (C=O) groups excluding carboxylic acids is 1. The Labute approximate surface area is 143 Å². The predicted molar refractivity (Wildman–Crippen MR) is 97.1 cm³/mol. The van der Waals surface area contributed by atoms with E-state index in [1.807, 2.05) is 44.7 Å². The summed E-state index contributed by atoms with van der Waals surface area (Å²) >= 11 is 0. The zero-order valence-corrected chi connectivity index (χ0v) is 15.0. The Bertz CT molecular complexity index is 751. The van der Waals surface area contributed by atoms with Crippen molar-refractivity contribution >= 4 is 22.5 Å². The molecule has 2 heterocycles. The van der Waals surface area contributed by atoms with Crippen molar-refractivity contribution in [3.05, 3.63) is 30.0 Å². The maximum absolute atomic E-state index is 12.6. The van der Waals surface area contributed by atoms with Gasteiger partial charge in [0.15, 0.2) is 5.82 Å². The fourth-order valence-electron chi connectivity index (χ4n) is 3.26. The van der Waals surface area contributed by atoms with Crippen LogP contribution >= 0.6 is 0 Å². The molecule has 0 unspecified atom stereocenters. The average Bonchev–Trinajstić information content (AvgIpc) is 2.80. The van der Waals surface area contributed by atoms with Gasteiger partial charge in [0.2, 0.25) is 5.91 Å². The molecule has 0 atom stereocenters. The zero-order chi connectivity index (χ0) is 17.3. The lowest BCUT2D eigenvalue weighted by Crippen LogP contribution is -2.41. The molecule has 1 aromatic heterocycles. The number of aromatic nitrogens is 2. The van der Waals surface area contributed by atoms with Crippen LogP contribution in [0.2, 0.25) is 0 Å². The third-order valence-corrected chi connectivity index (χ3v) is 4.58. The maximum Gasteiger partial charge on any atom is 0.228 e. The van der Waals surface area contributed by atoms with Gasteiger partial charge in [0.05, 0.1) is 5.69 Å². The molecule has 0 spiro atoms. The number of fused-ring (bicyclic) bond motifs is 1. The Balaban J connectivity index is 1.85. The van der Waals surface area contributed by atoms with Gasteiger partial charge in [-0.3, -0.25) is 4.79 Å². The Morgan fingerprint density at radius 3 is 2.42 bits per heavy atom. The molecule has 0 aliphatic carbocycles. The Morgan fingerprint density at radius 1 is 1.00 bits per heavy atom. The molecule has 1 fully saturated rings. The number of carbonyl (C=O) groups is 1. The molecule has 3 rings (SSSR count). The van der Waals surface area contributed by atoms with E-state index in [1.165, 1.54) is 0 Å². The molecular weight excluding hydrogens is 300 g/mol. The first-order valence-corrected chi connectivity index (χ1v) is 8.64. The summed E-state index contributed by atoms with van der Waals surface area (Å²) in [6, 6.07) is 8.28. The van der Waals surface area contributed by atoms with Crippen LogP contribution in [0.25, 0.3) is 10.8 Å². The van der Waals surface area contributed by atoms with E-state index in [0.29, 0.717) is 0 Å². The van der Waals surface area contributed by atoms with Gasteiger partial charge >= 0.3 is 0 Å². The van der Waals surface area contributed by atoms with Crippen LogP contribution in [0.15, 0.2) is 24.3 Å². The summed E-state index contributed by atoms with van der Waals surface area (Å²) < 4.78 is 0. The summed E-state index contributed by atoms with van der Waals surface area (Å²) in [7, 11) is 0. The van der Waals surface area contributed by atoms with Crippen molar-refractivity contribution in [2.75, 3.05) is 31.1 Å². The minimum Gasteiger partial charge on any atom is -0.353 e. The van der Waals surface area contributed by atoms with E-state index in [1.54, 1.807) is 0 Å². The van der Waals surface area contributed by atoms with Gasteiger partial charge in [0.25, 0.3) is 0 Å². The van der Waals surface area contributed by atoms with E-state index in [0.717, 1.165) is 54.9 Å². The van der Waals surface area contributed by atoms with Gasteiger partial charge in [-0.15, -0.1) is 5.10 Å². The van der Waals surface area contributed by atoms with Crippen molar-refractivity contribution in [2.45, 2.75) is 34.1 Å². The largest absolute Gasteiger partial charge is 0.353 e. The number of nitrogens with zero attached hydrogens (tertiary/aromatic N) is 4. The second-order valence-electron chi connectivity index (χ2n) is 7.54. The number of rotatable bonds is 1. The van der Waals surface area contributed by atoms with Crippen molar-refractivity contribution in [3.8, 4) is 0 Å². The number of anilines is 1. The average molecular weight is 326 g/mol. The molecule has 0 N–H and O–H groups in total. The minimum atomic E-state index is -0.328. The van der Waals surface area contributed by atoms with Crippen molar-refractivity contribution in [1.29, 1.82) is 0 Å². The van der Waals surface area contributed by atoms with Crippen molar-refractivity contribution < 1.29 is 4.79 Å². The maximum atomic E-state index is 12.6. The molecular formula is C19H26N4O. The van der Waals surface area contributed by atoms with E-state index in [9.17, 15) is 4.79 Å². The predicted octanol–water partition coefficient (Wildman–Crippen LogP) is 3.02. The number of hydrogen-bond donors (Lipinski definition) is 0. The van der Waals surface area contributed by atoms with Crippen LogP contribution in [0, 0.1) is 12.3 Å². The summed E-state index contributed by atoms with van der Waals surface area (Å²) in [6.45, 7) is 11.2. The lowest BCUT2D eigenvalue weighted by atomic mass is 9.94. The quantitative estimate of drug-likeness (QED) is 0.808. The fourth-order valence-corrected chi connectivity index (χ4v) is 3.26. The first-order valence-electron chi connectivity index (χ1n) is 8.64. The van der Waals surface area contributed by atoms with Crippen LogP contribution in [-0.4, -0.2) is 47.2 Å². The van der Waals surface area contributed by atoms with Crippen LogP contribution in [0.5, 0.6) is 0 Å². The fraction of sp³-hybridized carbons (Fsp3) is 0.526. The van der Waals surface area contributed by atoms with E-state index < -0.39 is 0 Å². The number of hydrogen-bond acceptors (Lipinski definition) is 4. The zero-order valence-electron chi connectivity index (χ0n) is 15.0. The molecule has 5 heteroatoms. The molecule has 2 aromatic rings. The smallest absolute Gasteiger partial charge is 0.228 e. The van der Waals surface area contributed by atoms with E-state index in [4.69, 9.17) is 0 Å². The molecule has 1 saturated heterocycles. The SMILES string of the molecule is Cc1nnc(N2CCCN(C(=O)C(C)(C)C)CC2)c2ccccc12. The normalized spacial score (nSPS) is 16.3. The van der Waals surface area contributed by atoms with Crippen molar-refractivity contribution in [2.24, 2.45) is 5.41 Å². The lowest BCUT2D eigenvalue weighted by molar-refractivity contribution is -0.139. The van der Waals surface area contributed by atoms with Crippen LogP contribution in [0.3, 0.4) is 0 Å². The highest BCUT2D eigenvalue weighted by Gasteiger charge is 2.29. The molecule has 0 bridgehead atoms. The Morgan fingerprint density at radius 2 is 1.71 bits per heavy atom. The minimum absolute atomic E-state index is 0.226. The first kappa shape index (κ1) is 16.7. The van der Waals surface area contributed by atoms with Gasteiger partial charge in [-0.25, -0.2) is 0 Å². The second-order valence-corrected chi connectivity index (χ2v) is 7.54. The molecule has 24 heavy (non-hydrogen) atoms. The standard InChI is InChI=1S/C19H26N4O/c1-14-15-8-5-6-9-16(15)17(21-20-14)22-10-7-11-23(13-12-22)18(24)19(2,3)4/h5-6,8-9H,7,10-13H2,1-4H3. The van der Waals surface area contributed by atoms with Gasteiger partial charge < -0.3 is 9.80 Å². The molecule has 0 radical (unpaired) electrons. The Hall–Kier alpha value is -2.17. The van der Waals surface area contributed by atoms with E-state index in [2.05, 4.69) is 27.2 Å². The highest BCUT2D eigenvalue weighted by atomic mass is 16.2. The molecule has 5 nitrogen and oxygen atoms in total. The highest BCUT2D eigenvalue weighted by molar-refractivity contribution is 5.93. The van der Waals surface area contributed by atoms with Gasteiger partial charge in [0, 0.05) is 42.4 Å². The summed E-state index contributed by atoms with van der Waals surface area (Å²) in [4.78, 5) is 16.8. The molecule has 1 aliphatic heterocycles. The molecule has 1 amide bonds. The first-order chi connectivity index (χ1) is 11.4. The van der Waals surface area contributed by atoms with Gasteiger partial charge in [-0.05, 0) is 13.3 Å². The molecule has 128 valence electrons.